The van der Waals surface area contributed by atoms with Crippen LogP contribution >= 0.6 is 0 Å². The van der Waals surface area contributed by atoms with E-state index >= 15 is 0 Å². The molecule has 0 bridgehead atoms. The van der Waals surface area contributed by atoms with E-state index < -0.39 is 0 Å². The van der Waals surface area contributed by atoms with Gasteiger partial charge < -0.3 is 12.2 Å². The number of aromatic nitrogens is 2. The SMILES string of the molecule is C#CCOc1c(C)nn(CC2CC2)c(=O)c1-c1ccccc1C.CC.[CH3-].[Y]. The van der Waals surface area contributed by atoms with Crippen LogP contribution in [0.5, 0.6) is 5.75 Å². The summed E-state index contributed by atoms with van der Waals surface area (Å²) >= 11 is 0. The average molecular weight is 442 g/mol. The van der Waals surface area contributed by atoms with Gasteiger partial charge in [0.05, 0.1) is 5.56 Å². The van der Waals surface area contributed by atoms with Gasteiger partial charge in [-0.15, -0.1) is 6.42 Å². The summed E-state index contributed by atoms with van der Waals surface area (Å²) in [6.45, 7) is 8.64. The van der Waals surface area contributed by atoms with E-state index in [0.717, 1.165) is 11.1 Å². The molecule has 0 spiro atoms. The van der Waals surface area contributed by atoms with Gasteiger partial charge in [-0.3, -0.25) is 4.79 Å². The third-order valence-electron chi connectivity index (χ3n) is 4.12. The van der Waals surface area contributed by atoms with Gasteiger partial charge in [0, 0.05) is 39.3 Å². The van der Waals surface area contributed by atoms with Crippen LogP contribution in [0.15, 0.2) is 29.1 Å². The first kappa shape index (κ1) is 25.6. The normalized spacial score (nSPS) is 11.8. The summed E-state index contributed by atoms with van der Waals surface area (Å²) in [6.07, 6.45) is 7.65. The van der Waals surface area contributed by atoms with Crippen molar-refractivity contribution in [3.8, 4) is 29.2 Å². The van der Waals surface area contributed by atoms with Crippen LogP contribution in [0.4, 0.5) is 0 Å². The summed E-state index contributed by atoms with van der Waals surface area (Å²) < 4.78 is 7.25. The van der Waals surface area contributed by atoms with E-state index in [2.05, 4.69) is 11.0 Å². The van der Waals surface area contributed by atoms with Crippen LogP contribution in [0, 0.1) is 39.5 Å². The van der Waals surface area contributed by atoms with Crippen molar-refractivity contribution in [2.75, 3.05) is 6.61 Å². The maximum Gasteiger partial charge on any atom is 0.278 e. The second-order valence-electron chi connectivity index (χ2n) is 6.03. The van der Waals surface area contributed by atoms with Crippen molar-refractivity contribution in [2.45, 2.75) is 47.1 Å². The third-order valence-corrected chi connectivity index (χ3v) is 4.12. The largest absolute Gasteiger partial charge is 0.478 e. The van der Waals surface area contributed by atoms with Crippen LogP contribution < -0.4 is 10.3 Å². The number of ether oxygens (including phenoxy) is 1. The van der Waals surface area contributed by atoms with Crippen LogP contribution in [0.25, 0.3) is 11.1 Å². The number of hydrogen-bond acceptors (Lipinski definition) is 3. The summed E-state index contributed by atoms with van der Waals surface area (Å²) in [6, 6.07) is 7.81. The van der Waals surface area contributed by atoms with Crippen molar-refractivity contribution in [1.82, 2.24) is 9.78 Å². The van der Waals surface area contributed by atoms with Crippen molar-refractivity contribution in [3.63, 3.8) is 0 Å². The monoisotopic (exact) mass is 442 g/mol. The molecule has 1 aliphatic carbocycles. The molecule has 0 saturated heterocycles. The van der Waals surface area contributed by atoms with Crippen LogP contribution in [-0.2, 0) is 39.3 Å². The molecule has 1 aromatic carbocycles. The molecule has 1 radical (unpaired) electrons. The molecule has 143 valence electrons. The summed E-state index contributed by atoms with van der Waals surface area (Å²) in [5, 5.41) is 4.43. The van der Waals surface area contributed by atoms with Crippen molar-refractivity contribution in [3.05, 3.63) is 53.3 Å². The zero-order valence-corrected chi connectivity index (χ0v) is 19.9. The fraction of sp³-hybridized carbons (Fsp3) is 0.409. The van der Waals surface area contributed by atoms with Crippen LogP contribution in [0.3, 0.4) is 0 Å². The molecule has 1 heterocycles. The molecule has 0 N–H and O–H groups in total. The molecule has 2 aromatic rings. The zero-order chi connectivity index (χ0) is 18.4. The first-order valence-electron chi connectivity index (χ1n) is 8.85. The number of benzene rings is 1. The van der Waals surface area contributed by atoms with E-state index in [1.807, 2.05) is 52.0 Å². The van der Waals surface area contributed by atoms with Gasteiger partial charge >= 0.3 is 0 Å². The molecule has 0 unspecified atom stereocenters. The maximum absolute atomic E-state index is 13.0. The molecule has 1 fully saturated rings. The fourth-order valence-corrected chi connectivity index (χ4v) is 2.73. The minimum atomic E-state index is -0.108. The molecular formula is C22H29N2O2Y-. The number of hydrogen-bond donors (Lipinski definition) is 0. The summed E-state index contributed by atoms with van der Waals surface area (Å²) in [5.74, 6) is 3.52. The molecule has 1 aliphatic rings. The first-order valence-corrected chi connectivity index (χ1v) is 8.85. The van der Waals surface area contributed by atoms with E-state index in [9.17, 15) is 4.79 Å². The van der Waals surface area contributed by atoms with E-state index in [0.29, 0.717) is 29.5 Å². The third kappa shape index (κ3) is 6.30. The Labute approximate surface area is 188 Å². The smallest absolute Gasteiger partial charge is 0.278 e. The summed E-state index contributed by atoms with van der Waals surface area (Å²) in [5.41, 5.74) is 3.05. The number of aryl methyl sites for hydroxylation is 2. The molecular weight excluding hydrogens is 413 g/mol. The summed E-state index contributed by atoms with van der Waals surface area (Å²) in [7, 11) is 0. The quantitative estimate of drug-likeness (QED) is 0.509. The van der Waals surface area contributed by atoms with Gasteiger partial charge in [-0.05, 0) is 43.7 Å². The fourth-order valence-electron chi connectivity index (χ4n) is 2.73. The van der Waals surface area contributed by atoms with Crippen LogP contribution in [0.2, 0.25) is 0 Å². The van der Waals surface area contributed by atoms with E-state index in [4.69, 9.17) is 11.2 Å². The Morgan fingerprint density at radius 3 is 2.44 bits per heavy atom. The van der Waals surface area contributed by atoms with Gasteiger partial charge in [0.15, 0.2) is 5.75 Å². The Morgan fingerprint density at radius 2 is 1.89 bits per heavy atom. The maximum atomic E-state index is 13.0. The van der Waals surface area contributed by atoms with E-state index in [1.165, 1.54) is 12.8 Å². The Kier molecular flexibility index (Phi) is 11.5. The van der Waals surface area contributed by atoms with E-state index in [1.54, 1.807) is 4.68 Å². The zero-order valence-electron chi connectivity index (χ0n) is 17.1. The number of nitrogens with zero attached hydrogens (tertiary/aromatic N) is 2. The molecule has 5 heteroatoms. The van der Waals surface area contributed by atoms with Crippen molar-refractivity contribution < 1.29 is 37.4 Å². The molecule has 27 heavy (non-hydrogen) atoms. The van der Waals surface area contributed by atoms with Crippen LogP contribution in [0.1, 0.15) is 37.9 Å². The van der Waals surface area contributed by atoms with Gasteiger partial charge in [-0.25, -0.2) is 4.68 Å². The topological polar surface area (TPSA) is 44.1 Å². The minimum absolute atomic E-state index is 0. The molecule has 1 aromatic heterocycles. The van der Waals surface area contributed by atoms with Crippen LogP contribution in [-0.4, -0.2) is 16.4 Å². The Hall–Kier alpha value is -1.44. The second kappa shape index (κ2) is 12.1. The number of rotatable bonds is 5. The van der Waals surface area contributed by atoms with Gasteiger partial charge in [0.2, 0.25) is 0 Å². The van der Waals surface area contributed by atoms with Crippen molar-refractivity contribution in [1.29, 1.82) is 0 Å². The van der Waals surface area contributed by atoms with Crippen molar-refractivity contribution in [2.24, 2.45) is 5.92 Å². The van der Waals surface area contributed by atoms with Crippen molar-refractivity contribution >= 4 is 0 Å². The van der Waals surface area contributed by atoms with Gasteiger partial charge in [0.25, 0.3) is 5.56 Å². The predicted molar refractivity (Wildman–Crippen MR) is 108 cm³/mol. The van der Waals surface area contributed by atoms with E-state index in [-0.39, 0.29) is 52.3 Å². The van der Waals surface area contributed by atoms with Gasteiger partial charge in [-0.1, -0.05) is 44.0 Å². The predicted octanol–water partition coefficient (Wildman–Crippen LogP) is 4.42. The Balaban J connectivity index is 0.00000164. The van der Waals surface area contributed by atoms with Gasteiger partial charge in [-0.2, -0.15) is 5.10 Å². The Bertz CT molecular complexity index is 833. The van der Waals surface area contributed by atoms with Gasteiger partial charge in [0.1, 0.15) is 12.3 Å². The second-order valence-corrected chi connectivity index (χ2v) is 6.03. The minimum Gasteiger partial charge on any atom is -0.478 e. The number of terminal acetylenes is 1. The summed E-state index contributed by atoms with van der Waals surface area (Å²) in [4.78, 5) is 13.0. The average Bonchev–Trinajstić information content (AvgIpc) is 3.43. The Morgan fingerprint density at radius 1 is 1.26 bits per heavy atom. The molecule has 1 saturated carbocycles. The molecule has 0 aliphatic heterocycles. The molecule has 4 nitrogen and oxygen atoms in total. The standard InChI is InChI=1S/C19H20N2O2.C2H6.CH3.Y/c1-4-11-23-18-14(3)20-21(12-15-9-10-15)19(22)17(18)16-8-6-5-7-13(16)2;1-2;;/h1,5-8,15H,9-12H2,2-3H3;1-2H3;1H3;/q;;-1;. The molecule has 0 amide bonds. The molecule has 0 atom stereocenters. The molecule has 3 rings (SSSR count). The first-order chi connectivity index (χ1) is 12.1.